The number of hydrogen-bond acceptors (Lipinski definition) is 12. The first kappa shape index (κ1) is 35.8. The van der Waals surface area contributed by atoms with Crippen LogP contribution in [0.5, 0.6) is 0 Å². The Bertz CT molecular complexity index is 1280. The van der Waals surface area contributed by atoms with E-state index in [4.69, 9.17) is 9.45 Å². The molecule has 2 aromatic carbocycles. The fourth-order valence-electron chi connectivity index (χ4n) is 2.50. The summed E-state index contributed by atoms with van der Waals surface area (Å²) in [5.74, 6) is -2.78. The summed E-state index contributed by atoms with van der Waals surface area (Å²) in [7, 11) is -9.30. The fourth-order valence-corrected chi connectivity index (χ4v) is 3.55. The third-order valence-corrected chi connectivity index (χ3v) is 5.74. The number of hydrazone groups is 1. The topological polar surface area (TPSA) is 282 Å². The number of rotatable bonds is 6. The Kier molecular flexibility index (Phi) is 14.1. The average Bonchev–Trinajstić information content (AvgIpc) is 3.02. The third-order valence-electron chi connectivity index (χ3n) is 3.94. The number of carbonyl (C=O) groups excluding carboxylic acids is 2. The molecule has 0 radical (unpaired) electrons. The van der Waals surface area contributed by atoms with E-state index >= 15 is 0 Å². The summed E-state index contributed by atoms with van der Waals surface area (Å²) in [6.07, 6.45) is 0. The molecule has 2 aromatic rings. The average molecular weight is 546 g/mol. The normalized spacial score (nSPS) is 16.7. The van der Waals surface area contributed by atoms with Crippen LogP contribution in [0, 0.1) is 0 Å². The first-order chi connectivity index (χ1) is 14.4. The number of benzene rings is 2. The predicted molar refractivity (Wildman–Crippen MR) is 110 cm³/mol. The fraction of sp³-hybridized carbons (Fsp3) is 0.0625. The van der Waals surface area contributed by atoms with Crippen LogP contribution in [0.1, 0.15) is 0 Å². The van der Waals surface area contributed by atoms with Crippen molar-refractivity contribution in [2.45, 2.75) is 10.9 Å². The molecular weight excluding hydrogens is 529 g/mol. The van der Waals surface area contributed by atoms with Gasteiger partial charge in [0.1, 0.15) is 5.71 Å². The van der Waals surface area contributed by atoms with Crippen molar-refractivity contribution < 1.29 is 101 Å². The summed E-state index contributed by atoms with van der Waals surface area (Å²) in [4.78, 5) is 43.8. The van der Waals surface area contributed by atoms with Crippen molar-refractivity contribution in [2.75, 3.05) is 5.01 Å². The van der Waals surface area contributed by atoms with Crippen LogP contribution in [-0.2, 0) is 24.3 Å². The molecule has 15 nitrogen and oxygen atoms in total. The van der Waals surface area contributed by atoms with Crippen LogP contribution in [0.3, 0.4) is 0 Å². The molecule has 0 fully saturated rings. The SMILES string of the molecule is N.N.O=C([O-])C1=NN(c2ccc(S(=O)(=O)O)cc2)C(=O)C1N=Nc1cccc(P(=O)([O-])O)c1.[Na+].[Na+]. The first-order valence-electron chi connectivity index (χ1n) is 8.14. The molecule has 1 heterocycles. The van der Waals surface area contributed by atoms with Crippen molar-refractivity contribution in [2.24, 2.45) is 15.3 Å². The summed E-state index contributed by atoms with van der Waals surface area (Å²) >= 11 is 0. The summed E-state index contributed by atoms with van der Waals surface area (Å²) < 4.78 is 42.4. The van der Waals surface area contributed by atoms with E-state index in [2.05, 4.69) is 15.3 Å². The number of carbonyl (C=O) groups is 2. The number of carboxylic acids is 1. The van der Waals surface area contributed by atoms with E-state index in [1.807, 2.05) is 0 Å². The van der Waals surface area contributed by atoms with Crippen LogP contribution in [0.15, 0.2) is 68.8 Å². The van der Waals surface area contributed by atoms with Gasteiger partial charge in [-0.3, -0.25) is 9.35 Å². The molecular formula is C16H17N6Na2O9PS. The van der Waals surface area contributed by atoms with Crippen molar-refractivity contribution in [3.8, 4) is 0 Å². The van der Waals surface area contributed by atoms with E-state index in [1.165, 1.54) is 12.1 Å². The van der Waals surface area contributed by atoms with E-state index in [0.717, 1.165) is 36.4 Å². The predicted octanol–water partition coefficient (Wildman–Crippen LogP) is -6.96. The van der Waals surface area contributed by atoms with Crippen molar-refractivity contribution >= 4 is 52.0 Å². The van der Waals surface area contributed by atoms with E-state index in [0.29, 0.717) is 5.01 Å². The van der Waals surface area contributed by atoms with Gasteiger partial charge in [-0.25, -0.2) is 0 Å². The molecule has 3 rings (SSSR count). The van der Waals surface area contributed by atoms with Gasteiger partial charge in [0.2, 0.25) is 0 Å². The monoisotopic (exact) mass is 546 g/mol. The number of azo groups is 1. The van der Waals surface area contributed by atoms with Gasteiger partial charge in [0.25, 0.3) is 16.0 Å². The molecule has 2 atom stereocenters. The molecule has 19 heteroatoms. The minimum Gasteiger partial charge on any atom is -0.775 e. The molecule has 0 bridgehead atoms. The molecule has 0 aromatic heterocycles. The number of nitrogens with zero attached hydrogens (tertiary/aromatic N) is 4. The van der Waals surface area contributed by atoms with Crippen LogP contribution in [0.25, 0.3) is 0 Å². The van der Waals surface area contributed by atoms with Gasteiger partial charge < -0.3 is 36.6 Å². The Morgan fingerprint density at radius 1 is 1.11 bits per heavy atom. The molecule has 0 spiro atoms. The van der Waals surface area contributed by atoms with Gasteiger partial charge in [0, 0.05) is 5.30 Å². The Hall–Kier alpha value is -1.37. The van der Waals surface area contributed by atoms with Crippen LogP contribution >= 0.6 is 7.60 Å². The zero-order valence-corrected chi connectivity index (χ0v) is 24.2. The maximum absolute atomic E-state index is 12.6. The standard InChI is InChI=1S/C16H13N4O9PS.2H3N.2Na/c21-15-13(18-17-9-2-1-3-11(8-9)30(24,25)26)14(16(22)23)19-20(15)10-4-6-12(7-5-10)31(27,28)29;;;;/h1-8,13H,(H,22,23)(H2,24,25,26)(H,27,28,29);2*1H3;;/q;;;2*+1/p-2. The van der Waals surface area contributed by atoms with Crippen molar-refractivity contribution in [3.05, 3.63) is 48.5 Å². The molecule has 1 aliphatic heterocycles. The number of amides is 1. The first-order valence-corrected chi connectivity index (χ1v) is 11.2. The summed E-state index contributed by atoms with van der Waals surface area (Å²) in [6.45, 7) is 0. The zero-order chi connectivity index (χ0) is 23.0. The summed E-state index contributed by atoms with van der Waals surface area (Å²) in [5, 5.41) is 22.4. The quantitative estimate of drug-likeness (QED) is 0.114. The molecule has 0 saturated heterocycles. The molecule has 8 N–H and O–H groups in total. The number of anilines is 1. The van der Waals surface area contributed by atoms with Gasteiger partial charge >= 0.3 is 59.1 Å². The van der Waals surface area contributed by atoms with E-state index in [9.17, 15) is 32.6 Å². The van der Waals surface area contributed by atoms with Crippen LogP contribution in [0.2, 0.25) is 0 Å². The van der Waals surface area contributed by atoms with Crippen LogP contribution in [0.4, 0.5) is 11.4 Å². The molecule has 0 saturated carbocycles. The zero-order valence-electron chi connectivity index (χ0n) is 18.5. The molecule has 1 amide bonds. The van der Waals surface area contributed by atoms with E-state index in [-0.39, 0.29) is 82.8 Å². The molecule has 178 valence electrons. The van der Waals surface area contributed by atoms with Crippen molar-refractivity contribution in [1.29, 1.82) is 0 Å². The van der Waals surface area contributed by atoms with Gasteiger partial charge in [-0.1, -0.05) is 12.1 Å². The van der Waals surface area contributed by atoms with Gasteiger partial charge in [0.05, 0.1) is 22.2 Å². The largest absolute Gasteiger partial charge is 1.00 e. The van der Waals surface area contributed by atoms with Gasteiger partial charge in [-0.2, -0.15) is 28.8 Å². The third kappa shape index (κ3) is 8.61. The van der Waals surface area contributed by atoms with E-state index in [1.54, 1.807) is 0 Å². The van der Waals surface area contributed by atoms with Gasteiger partial charge in [0.15, 0.2) is 13.6 Å². The summed E-state index contributed by atoms with van der Waals surface area (Å²) in [5.41, 5.74) is -0.909. The van der Waals surface area contributed by atoms with E-state index < -0.39 is 51.5 Å². The van der Waals surface area contributed by atoms with Crippen LogP contribution in [-0.4, -0.2) is 41.5 Å². The maximum atomic E-state index is 12.6. The van der Waals surface area contributed by atoms with Crippen molar-refractivity contribution in [3.63, 3.8) is 0 Å². The minimum absolute atomic E-state index is 0. The Labute approximate surface area is 243 Å². The Morgan fingerprint density at radius 2 is 1.69 bits per heavy atom. The maximum Gasteiger partial charge on any atom is 1.00 e. The molecule has 2 unspecified atom stereocenters. The second-order valence-electron chi connectivity index (χ2n) is 6.05. The van der Waals surface area contributed by atoms with Crippen molar-refractivity contribution in [1.82, 2.24) is 12.3 Å². The molecule has 0 aliphatic carbocycles. The molecule has 1 aliphatic rings. The smallest absolute Gasteiger partial charge is 0.775 e. The minimum atomic E-state index is -4.82. The Morgan fingerprint density at radius 3 is 2.17 bits per heavy atom. The van der Waals surface area contributed by atoms with Gasteiger partial charge in [-0.15, -0.1) is 0 Å². The number of aliphatic carboxylic acids is 1. The molecule has 35 heavy (non-hydrogen) atoms. The number of carboxylic acid groups (broad SMARTS) is 1. The summed E-state index contributed by atoms with van der Waals surface area (Å²) in [6, 6.07) is 7.02. The second-order valence-corrected chi connectivity index (χ2v) is 9.03. The second kappa shape index (κ2) is 13.8. The van der Waals surface area contributed by atoms with Crippen LogP contribution < -0.4 is 91.7 Å². The Balaban J connectivity index is 0. The number of hydrogen-bond donors (Lipinski definition) is 4. The van der Waals surface area contributed by atoms with Gasteiger partial charge in [-0.05, 0) is 36.4 Å².